The van der Waals surface area contributed by atoms with Gasteiger partial charge in [-0.05, 0) is 25.8 Å². The Hall–Kier alpha value is -1.05. The molecule has 2 heterocycles. The Morgan fingerprint density at radius 3 is 3.27 bits per heavy atom. The van der Waals surface area contributed by atoms with Gasteiger partial charge in [-0.25, -0.2) is 0 Å². The van der Waals surface area contributed by atoms with Crippen LogP contribution < -0.4 is 10.7 Å². The lowest BCUT2D eigenvalue weighted by molar-refractivity contribution is 0.729. The molecule has 2 nitrogen and oxygen atoms in total. The molecule has 0 amide bonds. The maximum atomic E-state index is 4.48. The standard InChI is InChI=1S/C9H12N2/c1-6-5-10-9-8(6)4-3-7(2)11-9/h4-5,7H,3H2,1-2H3,(H,10,11). The van der Waals surface area contributed by atoms with Gasteiger partial charge in [0.15, 0.2) is 0 Å². The minimum Gasteiger partial charge on any atom is -0.346 e. The van der Waals surface area contributed by atoms with Crippen LogP contribution in [0.5, 0.6) is 0 Å². The summed E-state index contributed by atoms with van der Waals surface area (Å²) in [4.78, 5) is 7.64. The molecule has 0 aromatic carbocycles. The fourth-order valence-corrected chi connectivity index (χ4v) is 1.44. The fraction of sp³-hybridized carbons (Fsp3) is 0.444. The summed E-state index contributed by atoms with van der Waals surface area (Å²) >= 11 is 0. The van der Waals surface area contributed by atoms with Gasteiger partial charge in [-0.1, -0.05) is 6.08 Å². The molecule has 58 valence electrons. The van der Waals surface area contributed by atoms with Crippen LogP contribution in [-0.4, -0.2) is 11.0 Å². The molecule has 1 unspecified atom stereocenters. The molecule has 2 rings (SSSR count). The molecule has 0 saturated carbocycles. The van der Waals surface area contributed by atoms with Gasteiger partial charge in [-0.15, -0.1) is 0 Å². The summed E-state index contributed by atoms with van der Waals surface area (Å²) in [6.07, 6.45) is 5.35. The topological polar surface area (TPSA) is 28.1 Å². The van der Waals surface area contributed by atoms with Crippen LogP contribution >= 0.6 is 0 Å². The van der Waals surface area contributed by atoms with Crippen molar-refractivity contribution in [3.8, 4) is 0 Å². The number of aromatic amines is 1. The number of rotatable bonds is 0. The highest BCUT2D eigenvalue weighted by molar-refractivity contribution is 5.29. The van der Waals surface area contributed by atoms with Crippen molar-refractivity contribution in [1.82, 2.24) is 4.98 Å². The highest BCUT2D eigenvalue weighted by atomic mass is 14.9. The summed E-state index contributed by atoms with van der Waals surface area (Å²) in [5.41, 5.74) is 2.36. The van der Waals surface area contributed by atoms with Gasteiger partial charge >= 0.3 is 0 Å². The van der Waals surface area contributed by atoms with Gasteiger partial charge in [-0.3, -0.25) is 4.99 Å². The van der Waals surface area contributed by atoms with Crippen LogP contribution in [0.3, 0.4) is 0 Å². The zero-order valence-corrected chi connectivity index (χ0v) is 6.89. The Morgan fingerprint density at radius 2 is 2.45 bits per heavy atom. The van der Waals surface area contributed by atoms with E-state index in [4.69, 9.17) is 0 Å². The lowest BCUT2D eigenvalue weighted by Gasteiger charge is -2.03. The zero-order valence-electron chi connectivity index (χ0n) is 6.89. The van der Waals surface area contributed by atoms with E-state index in [0.29, 0.717) is 6.04 Å². The summed E-state index contributed by atoms with van der Waals surface area (Å²) in [6.45, 7) is 4.24. The first-order valence-corrected chi connectivity index (χ1v) is 3.99. The Bertz CT molecular complexity index is 373. The van der Waals surface area contributed by atoms with Crippen molar-refractivity contribution in [2.45, 2.75) is 26.3 Å². The maximum absolute atomic E-state index is 4.48. The molecule has 0 aliphatic carbocycles. The molecule has 0 fully saturated rings. The Morgan fingerprint density at radius 1 is 1.64 bits per heavy atom. The first kappa shape index (κ1) is 6.65. The SMILES string of the molecule is Cc1c[nH]c2c1=CCC(C)N=2. The highest BCUT2D eigenvalue weighted by Crippen LogP contribution is 1.99. The van der Waals surface area contributed by atoms with E-state index < -0.39 is 0 Å². The van der Waals surface area contributed by atoms with Crippen LogP contribution in [0.25, 0.3) is 6.08 Å². The molecule has 1 aliphatic heterocycles. The second-order valence-electron chi connectivity index (χ2n) is 3.15. The van der Waals surface area contributed by atoms with E-state index in [1.807, 2.05) is 6.20 Å². The summed E-state index contributed by atoms with van der Waals surface area (Å²) < 4.78 is 0. The lowest BCUT2D eigenvalue weighted by Crippen LogP contribution is -2.30. The van der Waals surface area contributed by atoms with Gasteiger partial charge in [-0.2, -0.15) is 0 Å². The zero-order chi connectivity index (χ0) is 7.84. The van der Waals surface area contributed by atoms with Crippen LogP contribution in [-0.2, 0) is 0 Å². The number of fused-ring (bicyclic) bond motifs is 1. The van der Waals surface area contributed by atoms with E-state index in [2.05, 4.69) is 29.9 Å². The minimum absolute atomic E-state index is 0.445. The summed E-state index contributed by atoms with van der Waals surface area (Å²) in [6, 6.07) is 0.445. The quantitative estimate of drug-likeness (QED) is 0.555. The van der Waals surface area contributed by atoms with Gasteiger partial charge in [0.1, 0.15) is 5.49 Å². The first-order chi connectivity index (χ1) is 5.27. The average Bonchev–Trinajstić information content (AvgIpc) is 2.32. The van der Waals surface area contributed by atoms with Gasteiger partial charge in [0.25, 0.3) is 0 Å². The number of H-pyrrole nitrogens is 1. The molecule has 1 aromatic rings. The van der Waals surface area contributed by atoms with Crippen molar-refractivity contribution in [3.63, 3.8) is 0 Å². The van der Waals surface area contributed by atoms with Crippen molar-refractivity contribution in [1.29, 1.82) is 0 Å². The number of nitrogens with one attached hydrogen (secondary N) is 1. The fourth-order valence-electron chi connectivity index (χ4n) is 1.44. The van der Waals surface area contributed by atoms with Gasteiger partial charge in [0.05, 0.1) is 6.04 Å². The molecule has 0 saturated heterocycles. The molecule has 1 N–H and O–H groups in total. The molecular formula is C9H12N2. The van der Waals surface area contributed by atoms with Crippen molar-refractivity contribution in [2.24, 2.45) is 4.99 Å². The van der Waals surface area contributed by atoms with Crippen molar-refractivity contribution in [3.05, 3.63) is 22.5 Å². The molecule has 0 radical (unpaired) electrons. The van der Waals surface area contributed by atoms with Gasteiger partial charge in [0.2, 0.25) is 0 Å². The smallest absolute Gasteiger partial charge is 0.132 e. The third-order valence-electron chi connectivity index (χ3n) is 2.12. The Balaban J connectivity index is 2.76. The van der Waals surface area contributed by atoms with E-state index in [-0.39, 0.29) is 0 Å². The lowest BCUT2D eigenvalue weighted by atomic mass is 10.1. The van der Waals surface area contributed by atoms with Crippen LogP contribution in [0.2, 0.25) is 0 Å². The summed E-state index contributed by atoms with van der Waals surface area (Å²) in [7, 11) is 0. The van der Waals surface area contributed by atoms with E-state index in [0.717, 1.165) is 11.9 Å². The highest BCUT2D eigenvalue weighted by Gasteiger charge is 2.03. The summed E-state index contributed by atoms with van der Waals surface area (Å²) in [5, 5.41) is 1.29. The summed E-state index contributed by atoms with van der Waals surface area (Å²) in [5.74, 6) is 0. The van der Waals surface area contributed by atoms with Crippen molar-refractivity contribution < 1.29 is 0 Å². The van der Waals surface area contributed by atoms with E-state index in [1.165, 1.54) is 10.8 Å². The van der Waals surface area contributed by atoms with E-state index >= 15 is 0 Å². The third kappa shape index (κ3) is 0.985. The molecule has 1 aliphatic rings. The predicted molar refractivity (Wildman–Crippen MR) is 44.9 cm³/mol. The van der Waals surface area contributed by atoms with Crippen molar-refractivity contribution in [2.75, 3.05) is 0 Å². The third-order valence-corrected chi connectivity index (χ3v) is 2.12. The van der Waals surface area contributed by atoms with Gasteiger partial charge in [0, 0.05) is 11.4 Å². The Labute approximate surface area is 65.7 Å². The molecule has 1 aromatic heterocycles. The maximum Gasteiger partial charge on any atom is 0.132 e. The second-order valence-corrected chi connectivity index (χ2v) is 3.15. The minimum atomic E-state index is 0.445. The largest absolute Gasteiger partial charge is 0.346 e. The van der Waals surface area contributed by atoms with Crippen LogP contribution in [0.4, 0.5) is 0 Å². The Kier molecular flexibility index (Phi) is 1.34. The molecule has 1 atom stereocenters. The second kappa shape index (κ2) is 2.22. The number of aryl methyl sites for hydroxylation is 1. The van der Waals surface area contributed by atoms with Crippen molar-refractivity contribution >= 4 is 6.08 Å². The van der Waals surface area contributed by atoms with E-state index in [9.17, 15) is 0 Å². The number of hydrogen-bond donors (Lipinski definition) is 1. The average molecular weight is 148 g/mol. The van der Waals surface area contributed by atoms with Crippen LogP contribution in [0.1, 0.15) is 18.9 Å². The molecule has 11 heavy (non-hydrogen) atoms. The predicted octanol–water partition coefficient (Wildman–Crippen LogP) is 0.515. The number of aromatic nitrogens is 1. The van der Waals surface area contributed by atoms with Gasteiger partial charge < -0.3 is 4.98 Å². The first-order valence-electron chi connectivity index (χ1n) is 3.99. The molecule has 2 heteroatoms. The van der Waals surface area contributed by atoms with Crippen LogP contribution in [0, 0.1) is 6.92 Å². The molecule has 0 bridgehead atoms. The molecule has 0 spiro atoms. The van der Waals surface area contributed by atoms with Crippen LogP contribution in [0.15, 0.2) is 11.2 Å². The van der Waals surface area contributed by atoms with E-state index in [1.54, 1.807) is 0 Å². The number of hydrogen-bond acceptors (Lipinski definition) is 1. The monoisotopic (exact) mass is 148 g/mol. The normalized spacial score (nSPS) is 21.8. The molecular weight excluding hydrogens is 136 g/mol. The number of nitrogens with zero attached hydrogens (tertiary/aromatic N) is 1.